The molecule has 0 radical (unpaired) electrons. The van der Waals surface area contributed by atoms with Crippen LogP contribution in [0.15, 0.2) is 170 Å². The molecule has 0 unspecified atom stereocenters. The summed E-state index contributed by atoms with van der Waals surface area (Å²) in [4.78, 5) is 8.90. The van der Waals surface area contributed by atoms with E-state index >= 15 is 0 Å². The topological polar surface area (TPSA) is 25.8 Å². The molecule has 44 heavy (non-hydrogen) atoms. The van der Waals surface area contributed by atoms with Gasteiger partial charge in [-0.25, -0.2) is 0 Å². The van der Waals surface area contributed by atoms with E-state index in [0.29, 0.717) is 0 Å². The second kappa shape index (κ2) is 20.0. The van der Waals surface area contributed by atoms with Crippen molar-refractivity contribution in [1.29, 1.82) is 0 Å². The molecule has 0 fully saturated rings. The van der Waals surface area contributed by atoms with Crippen molar-refractivity contribution in [2.24, 2.45) is 0 Å². The van der Waals surface area contributed by atoms with Crippen molar-refractivity contribution in [2.45, 2.75) is 12.8 Å². The van der Waals surface area contributed by atoms with E-state index in [9.17, 15) is 0 Å². The number of nitrogens with zero attached hydrogens (tertiary/aromatic N) is 2. The predicted octanol–water partition coefficient (Wildman–Crippen LogP) is 8.20. The molecule has 6 heteroatoms. The summed E-state index contributed by atoms with van der Waals surface area (Å²) < 4.78 is 0. The summed E-state index contributed by atoms with van der Waals surface area (Å²) in [6, 6.07) is 55.7. The number of rotatable bonds is 10. The first kappa shape index (κ1) is 33.7. The average molecular weight is 682 g/mol. The Labute approximate surface area is 277 Å². The van der Waals surface area contributed by atoms with Gasteiger partial charge in [0.2, 0.25) is 0 Å². The van der Waals surface area contributed by atoms with E-state index in [2.05, 4.69) is 181 Å². The van der Waals surface area contributed by atoms with Crippen molar-refractivity contribution >= 4 is 47.2 Å². The minimum atomic E-state index is -0.315. The third-order valence-electron chi connectivity index (χ3n) is 6.91. The van der Waals surface area contributed by atoms with Crippen LogP contribution in [0.5, 0.6) is 0 Å². The van der Waals surface area contributed by atoms with E-state index in [0.717, 1.165) is 25.2 Å². The molecule has 2 aromatic heterocycles. The van der Waals surface area contributed by atoms with E-state index in [-0.39, 0.29) is 15.8 Å². The summed E-state index contributed by atoms with van der Waals surface area (Å²) in [5.74, 6) is 0. The summed E-state index contributed by atoms with van der Waals surface area (Å²) in [5.41, 5.74) is 2.36. The Hall–Kier alpha value is -3.15. The first-order valence-electron chi connectivity index (χ1n) is 14.5. The summed E-state index contributed by atoms with van der Waals surface area (Å²) in [7, 11) is 3.57. The van der Waals surface area contributed by atoms with Crippen molar-refractivity contribution in [3.8, 4) is 0 Å². The van der Waals surface area contributed by atoms with Crippen LogP contribution in [0.2, 0.25) is 0 Å². The van der Waals surface area contributed by atoms with Gasteiger partial charge in [-0.2, -0.15) is 0 Å². The van der Waals surface area contributed by atoms with Gasteiger partial charge in [0.05, 0.1) is 0 Å². The van der Waals surface area contributed by atoms with Crippen LogP contribution >= 0.6 is 25.9 Å². The zero-order valence-electron chi connectivity index (χ0n) is 24.5. The van der Waals surface area contributed by atoms with E-state index < -0.39 is 0 Å². The molecule has 0 atom stereocenters. The monoisotopic (exact) mass is 680 g/mol. The Morgan fingerprint density at radius 3 is 0.909 bits per heavy atom. The minimum absolute atomic E-state index is 0.315. The second-order valence-electron chi connectivity index (χ2n) is 9.79. The molecule has 0 saturated carbocycles. The molecule has 0 spiro atoms. The SMILES string of the molecule is [Cl][Cu].c1ccc(P(CCc2ccccn2)c2ccccc2)cc1.c1ccc(P(CCc2ccccn2)c2ccccc2)cc1. The molecule has 6 rings (SSSR count). The number of benzene rings is 4. The van der Waals surface area contributed by atoms with Gasteiger partial charge in [-0.3, -0.25) is 9.97 Å². The van der Waals surface area contributed by atoms with Gasteiger partial charge in [0.1, 0.15) is 0 Å². The van der Waals surface area contributed by atoms with Crippen LogP contribution in [-0.4, -0.2) is 22.3 Å². The number of hydrogen-bond acceptors (Lipinski definition) is 2. The summed E-state index contributed by atoms with van der Waals surface area (Å²) in [6.45, 7) is 0. The average Bonchev–Trinajstić information content (AvgIpc) is 3.12. The summed E-state index contributed by atoms with van der Waals surface area (Å²) in [5, 5.41) is 5.76. The molecular formula is C38H36ClCuN2P2. The largest absolute Gasteiger partial charge is 0.261 e. The quantitative estimate of drug-likeness (QED) is 0.108. The number of aryl methyl sites for hydroxylation is 2. The molecule has 4 aromatic carbocycles. The summed E-state index contributed by atoms with van der Waals surface area (Å²) in [6.07, 6.45) is 8.08. The molecule has 0 saturated heterocycles. The van der Waals surface area contributed by atoms with Crippen LogP contribution in [0.1, 0.15) is 11.4 Å². The van der Waals surface area contributed by atoms with E-state index in [1.54, 1.807) is 0 Å². The molecule has 226 valence electrons. The van der Waals surface area contributed by atoms with Gasteiger partial charge in [0, 0.05) is 23.8 Å². The maximum Gasteiger partial charge on any atom is 0.0407 e. The van der Waals surface area contributed by atoms with Gasteiger partial charge in [-0.05, 0) is 86.5 Å². The van der Waals surface area contributed by atoms with Crippen molar-refractivity contribution in [3.63, 3.8) is 0 Å². The van der Waals surface area contributed by atoms with Crippen LogP contribution in [0, 0.1) is 0 Å². The van der Waals surface area contributed by atoms with Gasteiger partial charge in [-0.1, -0.05) is 133 Å². The number of halogens is 1. The van der Waals surface area contributed by atoms with Crippen LogP contribution in [-0.2, 0) is 27.9 Å². The Morgan fingerprint density at radius 2 is 0.659 bits per heavy atom. The van der Waals surface area contributed by atoms with Gasteiger partial charge in [0.25, 0.3) is 0 Å². The maximum atomic E-state index is 4.45. The third-order valence-corrected chi connectivity index (χ3v) is 11.9. The minimum Gasteiger partial charge on any atom is -0.261 e. The number of hydrogen-bond donors (Lipinski definition) is 0. The van der Waals surface area contributed by atoms with Crippen molar-refractivity contribution in [2.75, 3.05) is 12.3 Å². The molecule has 6 aromatic rings. The van der Waals surface area contributed by atoms with Crippen LogP contribution < -0.4 is 21.2 Å². The molecular weight excluding hydrogens is 645 g/mol. The first-order chi connectivity index (χ1) is 21.9. The Bertz CT molecular complexity index is 1360. The molecule has 2 nitrogen and oxygen atoms in total. The van der Waals surface area contributed by atoms with Gasteiger partial charge < -0.3 is 0 Å². The predicted molar refractivity (Wildman–Crippen MR) is 190 cm³/mol. The Balaban J connectivity index is 0.000000190. The van der Waals surface area contributed by atoms with Crippen molar-refractivity contribution in [3.05, 3.63) is 182 Å². The zero-order valence-corrected chi connectivity index (χ0v) is 27.9. The summed E-state index contributed by atoms with van der Waals surface area (Å²) >= 11 is 3.66. The van der Waals surface area contributed by atoms with Crippen LogP contribution in [0.3, 0.4) is 0 Å². The van der Waals surface area contributed by atoms with Crippen LogP contribution in [0.4, 0.5) is 0 Å². The fraction of sp³-hybridized carbons (Fsp3) is 0.105. The van der Waals surface area contributed by atoms with E-state index in [1.165, 1.54) is 32.6 Å². The molecule has 0 N–H and O–H groups in total. The number of pyridine rings is 2. The molecule has 0 aliphatic carbocycles. The second-order valence-corrected chi connectivity index (χ2v) is 14.5. The normalized spacial score (nSPS) is 10.4. The van der Waals surface area contributed by atoms with Gasteiger partial charge in [-0.15, -0.1) is 0 Å². The molecule has 0 aliphatic rings. The van der Waals surface area contributed by atoms with Gasteiger partial charge in [0.15, 0.2) is 0 Å². The van der Waals surface area contributed by atoms with Crippen molar-refractivity contribution < 1.29 is 15.1 Å². The first-order valence-corrected chi connectivity index (χ1v) is 18.9. The molecule has 0 amide bonds. The molecule has 0 aliphatic heterocycles. The standard InChI is InChI=1S/2C19H18NP.ClH.Cu/c2*1-3-10-18(11-4-1)21(19-12-5-2-6-13-19)16-14-17-9-7-8-15-20-17;;/h2*1-13,15H,14,16H2;1H;/q;;;+1/p-1. The van der Waals surface area contributed by atoms with Crippen molar-refractivity contribution in [1.82, 2.24) is 9.97 Å². The van der Waals surface area contributed by atoms with E-state index in [4.69, 9.17) is 0 Å². The smallest absolute Gasteiger partial charge is 0.0407 e. The molecule has 2 heterocycles. The fourth-order valence-corrected chi connectivity index (χ4v) is 9.45. The molecule has 0 bridgehead atoms. The van der Waals surface area contributed by atoms with Gasteiger partial charge >= 0.3 is 25.2 Å². The zero-order chi connectivity index (χ0) is 30.7. The Morgan fingerprint density at radius 1 is 0.386 bits per heavy atom. The van der Waals surface area contributed by atoms with Crippen LogP contribution in [0.25, 0.3) is 0 Å². The maximum absolute atomic E-state index is 4.45. The third kappa shape index (κ3) is 11.1. The Kier molecular flexibility index (Phi) is 15.3. The van der Waals surface area contributed by atoms with E-state index in [1.807, 2.05) is 24.5 Å². The number of aromatic nitrogens is 2. The fourth-order valence-electron chi connectivity index (χ4n) is 4.79.